The third-order valence-corrected chi connectivity index (χ3v) is 6.74. The van der Waals surface area contributed by atoms with Crippen LogP contribution in [-0.4, -0.2) is 27.8 Å². The molecule has 0 unspecified atom stereocenters. The van der Waals surface area contributed by atoms with Gasteiger partial charge in [0, 0.05) is 27.0 Å². The predicted octanol–water partition coefficient (Wildman–Crippen LogP) is 6.10. The number of hydrogen-bond donors (Lipinski definition) is 2. The first-order valence-electron chi connectivity index (χ1n) is 11.4. The number of rotatable bonds is 7. The van der Waals surface area contributed by atoms with E-state index in [-0.39, 0.29) is 12.5 Å². The number of methoxy groups -OCH3 is 1. The van der Waals surface area contributed by atoms with Crippen LogP contribution in [0.1, 0.15) is 24.1 Å². The molecule has 5 rings (SSSR count). The Hall–Kier alpha value is -4.01. The third kappa shape index (κ3) is 5.12. The van der Waals surface area contributed by atoms with Crippen molar-refractivity contribution in [3.8, 4) is 11.5 Å². The molecule has 1 aromatic heterocycles. The van der Waals surface area contributed by atoms with E-state index in [4.69, 9.17) is 32.7 Å². The lowest BCUT2D eigenvalue weighted by Crippen LogP contribution is -2.31. The lowest BCUT2D eigenvalue weighted by atomic mass is 9.95. The van der Waals surface area contributed by atoms with Crippen molar-refractivity contribution in [3.05, 3.63) is 105 Å². The van der Waals surface area contributed by atoms with E-state index in [0.29, 0.717) is 44.5 Å². The summed E-state index contributed by atoms with van der Waals surface area (Å²) in [7, 11) is 1.60. The lowest BCUT2D eigenvalue weighted by molar-refractivity contribution is -0.113. The van der Waals surface area contributed by atoms with E-state index >= 15 is 0 Å². The highest BCUT2D eigenvalue weighted by Gasteiger charge is 2.33. The molecule has 0 radical (unpaired) electrons. The van der Waals surface area contributed by atoms with Crippen molar-refractivity contribution in [2.75, 3.05) is 17.7 Å². The van der Waals surface area contributed by atoms with Crippen LogP contribution in [0, 0.1) is 0 Å². The van der Waals surface area contributed by atoms with E-state index in [1.165, 1.54) is 6.33 Å². The van der Waals surface area contributed by atoms with Crippen molar-refractivity contribution in [3.63, 3.8) is 0 Å². The molecule has 4 aromatic rings. The summed E-state index contributed by atoms with van der Waals surface area (Å²) in [5, 5.41) is 11.6. The normalized spacial score (nSPS) is 14.5. The van der Waals surface area contributed by atoms with Crippen LogP contribution >= 0.6 is 23.2 Å². The Bertz CT molecular complexity index is 1450. The SMILES string of the molecule is COc1ccc(NC(=O)C2=C(C)Nc3ncnn3[C@@H]2c2ccc(OCc3c(Cl)cccc3Cl)cc2)cc1. The summed E-state index contributed by atoms with van der Waals surface area (Å²) in [6, 6.07) is 19.5. The Kier molecular flexibility index (Phi) is 7.03. The Labute approximate surface area is 223 Å². The van der Waals surface area contributed by atoms with Gasteiger partial charge < -0.3 is 20.1 Å². The maximum absolute atomic E-state index is 13.5. The van der Waals surface area contributed by atoms with Crippen LogP contribution in [0.25, 0.3) is 0 Å². The molecular weight excluding hydrogens is 513 g/mol. The zero-order chi connectivity index (χ0) is 25.9. The number of carbonyl (C=O) groups excluding carboxylic acids is 1. The van der Waals surface area contributed by atoms with E-state index in [1.54, 1.807) is 54.3 Å². The highest BCUT2D eigenvalue weighted by molar-refractivity contribution is 6.35. The number of allylic oxidation sites excluding steroid dienone is 1. The summed E-state index contributed by atoms with van der Waals surface area (Å²) in [4.78, 5) is 17.8. The Morgan fingerprint density at radius 2 is 1.70 bits per heavy atom. The van der Waals surface area contributed by atoms with Gasteiger partial charge in [0.1, 0.15) is 30.5 Å². The lowest BCUT2D eigenvalue weighted by Gasteiger charge is -2.28. The van der Waals surface area contributed by atoms with Crippen molar-refractivity contribution < 1.29 is 14.3 Å². The highest BCUT2D eigenvalue weighted by atomic mass is 35.5. The number of anilines is 2. The maximum Gasteiger partial charge on any atom is 0.255 e. The summed E-state index contributed by atoms with van der Waals surface area (Å²) in [5.74, 6) is 1.64. The monoisotopic (exact) mass is 535 g/mol. The first kappa shape index (κ1) is 24.7. The second-order valence-electron chi connectivity index (χ2n) is 8.33. The summed E-state index contributed by atoms with van der Waals surface area (Å²) >= 11 is 12.5. The molecule has 1 atom stereocenters. The smallest absolute Gasteiger partial charge is 0.255 e. The molecule has 0 fully saturated rings. The van der Waals surface area contributed by atoms with Gasteiger partial charge in [-0.3, -0.25) is 4.79 Å². The van der Waals surface area contributed by atoms with Gasteiger partial charge in [-0.1, -0.05) is 41.4 Å². The number of nitrogens with zero attached hydrogens (tertiary/aromatic N) is 3. The summed E-state index contributed by atoms with van der Waals surface area (Å²) in [6.07, 6.45) is 1.46. The number of benzene rings is 3. The summed E-state index contributed by atoms with van der Waals surface area (Å²) < 4.78 is 12.8. The average molecular weight is 536 g/mol. The number of halogens is 2. The van der Waals surface area contributed by atoms with Crippen molar-refractivity contribution in [2.45, 2.75) is 19.6 Å². The highest BCUT2D eigenvalue weighted by Crippen LogP contribution is 2.36. The Morgan fingerprint density at radius 1 is 1.03 bits per heavy atom. The van der Waals surface area contributed by atoms with Crippen molar-refractivity contribution >= 4 is 40.7 Å². The Morgan fingerprint density at radius 3 is 2.38 bits per heavy atom. The zero-order valence-corrected chi connectivity index (χ0v) is 21.5. The average Bonchev–Trinajstić information content (AvgIpc) is 3.36. The van der Waals surface area contributed by atoms with E-state index < -0.39 is 6.04 Å². The number of carbonyl (C=O) groups is 1. The van der Waals surface area contributed by atoms with E-state index in [0.717, 1.165) is 11.1 Å². The van der Waals surface area contributed by atoms with Gasteiger partial charge in [-0.2, -0.15) is 10.1 Å². The fourth-order valence-corrected chi connectivity index (χ4v) is 4.64. The van der Waals surface area contributed by atoms with Gasteiger partial charge in [0.25, 0.3) is 5.91 Å². The molecule has 10 heteroatoms. The molecular formula is C27H23Cl2N5O3. The molecule has 0 saturated heterocycles. The van der Waals surface area contributed by atoms with Crippen LogP contribution in [-0.2, 0) is 11.4 Å². The van der Waals surface area contributed by atoms with Crippen molar-refractivity contribution in [1.82, 2.24) is 14.8 Å². The van der Waals surface area contributed by atoms with Gasteiger partial charge in [-0.05, 0) is 61.0 Å². The first-order chi connectivity index (χ1) is 17.9. The fourth-order valence-electron chi connectivity index (χ4n) is 4.14. The molecule has 37 heavy (non-hydrogen) atoms. The van der Waals surface area contributed by atoms with Gasteiger partial charge in [-0.25, -0.2) is 4.68 Å². The van der Waals surface area contributed by atoms with Crippen LogP contribution in [0.3, 0.4) is 0 Å². The molecule has 1 aliphatic heterocycles. The molecule has 1 aliphatic rings. The van der Waals surface area contributed by atoms with Crippen LogP contribution in [0.5, 0.6) is 11.5 Å². The Balaban J connectivity index is 1.40. The van der Waals surface area contributed by atoms with Crippen molar-refractivity contribution in [1.29, 1.82) is 0 Å². The molecule has 0 spiro atoms. The molecule has 0 saturated carbocycles. The number of aromatic nitrogens is 3. The van der Waals surface area contributed by atoms with Gasteiger partial charge in [0.05, 0.1) is 12.7 Å². The molecule has 188 valence electrons. The van der Waals surface area contributed by atoms with Crippen LogP contribution in [0.2, 0.25) is 10.0 Å². The van der Waals surface area contributed by atoms with Crippen LogP contribution < -0.4 is 20.1 Å². The third-order valence-electron chi connectivity index (χ3n) is 6.03. The summed E-state index contributed by atoms with van der Waals surface area (Å²) in [5.41, 5.74) is 3.42. The van der Waals surface area contributed by atoms with Gasteiger partial charge in [-0.15, -0.1) is 0 Å². The molecule has 0 aliphatic carbocycles. The molecule has 3 aromatic carbocycles. The number of amides is 1. The number of nitrogens with one attached hydrogen (secondary N) is 2. The zero-order valence-electron chi connectivity index (χ0n) is 20.0. The van der Waals surface area contributed by atoms with Gasteiger partial charge in [0.2, 0.25) is 5.95 Å². The fraction of sp³-hybridized carbons (Fsp3) is 0.148. The quantitative estimate of drug-likeness (QED) is 0.297. The number of hydrogen-bond acceptors (Lipinski definition) is 6. The second kappa shape index (κ2) is 10.5. The minimum atomic E-state index is -0.496. The van der Waals surface area contributed by atoms with Gasteiger partial charge >= 0.3 is 0 Å². The number of ether oxygens (including phenoxy) is 2. The van der Waals surface area contributed by atoms with Crippen LogP contribution in [0.15, 0.2) is 84.3 Å². The molecule has 8 nitrogen and oxygen atoms in total. The standard InChI is InChI=1S/C27H23Cl2N5O3/c1-16-24(26(35)33-18-8-12-19(36-2)13-9-18)25(34-27(32-16)30-15-31-34)17-6-10-20(11-7-17)37-14-21-22(28)4-3-5-23(21)29/h3-13,15,25H,14H2,1-2H3,(H,33,35)(H,30,31,32)/t25-/m1/s1. The van der Waals surface area contributed by atoms with Crippen LogP contribution in [0.4, 0.5) is 11.6 Å². The molecule has 0 bridgehead atoms. The minimum Gasteiger partial charge on any atom is -0.497 e. The first-order valence-corrected chi connectivity index (χ1v) is 12.2. The predicted molar refractivity (Wildman–Crippen MR) is 143 cm³/mol. The van der Waals surface area contributed by atoms with Gasteiger partial charge in [0.15, 0.2) is 0 Å². The topological polar surface area (TPSA) is 90.3 Å². The van der Waals surface area contributed by atoms with Crippen molar-refractivity contribution in [2.24, 2.45) is 0 Å². The largest absolute Gasteiger partial charge is 0.497 e. The second-order valence-corrected chi connectivity index (χ2v) is 9.15. The minimum absolute atomic E-state index is 0.229. The molecule has 2 heterocycles. The molecule has 2 N–H and O–H groups in total. The van der Waals surface area contributed by atoms with E-state index in [9.17, 15) is 4.79 Å². The van der Waals surface area contributed by atoms with E-state index in [1.807, 2.05) is 31.2 Å². The summed E-state index contributed by atoms with van der Waals surface area (Å²) in [6.45, 7) is 2.08. The number of fused-ring (bicyclic) bond motifs is 1. The maximum atomic E-state index is 13.5. The van der Waals surface area contributed by atoms with E-state index in [2.05, 4.69) is 20.7 Å². The molecule has 1 amide bonds.